The van der Waals surface area contributed by atoms with Gasteiger partial charge in [-0.05, 0) is 31.0 Å². The van der Waals surface area contributed by atoms with Gasteiger partial charge in [-0.1, -0.05) is 36.4 Å². The van der Waals surface area contributed by atoms with Crippen molar-refractivity contribution < 1.29 is 4.74 Å². The lowest BCUT2D eigenvalue weighted by Gasteiger charge is -2.36. The van der Waals surface area contributed by atoms with Gasteiger partial charge in [-0.15, -0.1) is 24.0 Å². The highest BCUT2D eigenvalue weighted by Gasteiger charge is 2.23. The molecule has 0 amide bonds. The van der Waals surface area contributed by atoms with E-state index in [1.807, 2.05) is 13.2 Å². The molecule has 0 aliphatic carbocycles. The van der Waals surface area contributed by atoms with Gasteiger partial charge in [-0.3, -0.25) is 9.89 Å². The molecule has 1 N–H and O–H groups in total. The zero-order chi connectivity index (χ0) is 22.3. The van der Waals surface area contributed by atoms with Crippen LogP contribution in [-0.4, -0.2) is 79.3 Å². The molecule has 2 aliphatic rings. The molecule has 2 unspecified atom stereocenters. The summed E-state index contributed by atoms with van der Waals surface area (Å²) in [5.74, 6) is 1.99. The molecule has 1 aromatic carbocycles. The molecule has 8 heteroatoms. The molecule has 2 aromatic rings. The standard InChI is InChI=1S/C25H36N6O.HI/c1-20-17-31(18-21(2)32-20)24-10-9-23(15-27-24)16-28-25(26-3)30-13-11-29(12-14-30)19-22-7-5-4-6-8-22;/h4-10,15,20-21H,11-14,16-19H2,1-3H3,(H,26,28);1H. The van der Waals surface area contributed by atoms with Gasteiger partial charge < -0.3 is 19.9 Å². The summed E-state index contributed by atoms with van der Waals surface area (Å²) in [7, 11) is 1.86. The molecule has 0 spiro atoms. The normalized spacial score (nSPS) is 22.1. The number of benzene rings is 1. The topological polar surface area (TPSA) is 56.2 Å². The maximum absolute atomic E-state index is 5.83. The predicted molar refractivity (Wildman–Crippen MR) is 145 cm³/mol. The van der Waals surface area contributed by atoms with E-state index in [0.29, 0.717) is 0 Å². The SMILES string of the molecule is CN=C(NCc1ccc(N2CC(C)OC(C)C2)nc1)N1CCN(Cc2ccccc2)CC1.I. The number of pyridine rings is 1. The lowest BCUT2D eigenvalue weighted by Crippen LogP contribution is -2.52. The Labute approximate surface area is 215 Å². The van der Waals surface area contributed by atoms with E-state index < -0.39 is 0 Å². The average Bonchev–Trinajstić information content (AvgIpc) is 2.81. The first-order chi connectivity index (χ1) is 15.6. The number of anilines is 1. The Kier molecular flexibility index (Phi) is 9.76. The third-order valence-electron chi connectivity index (χ3n) is 6.14. The Morgan fingerprint density at radius 3 is 2.30 bits per heavy atom. The molecule has 0 bridgehead atoms. The van der Waals surface area contributed by atoms with Crippen molar-refractivity contribution >= 4 is 35.8 Å². The third kappa shape index (κ3) is 7.28. The van der Waals surface area contributed by atoms with Crippen LogP contribution >= 0.6 is 24.0 Å². The van der Waals surface area contributed by atoms with Gasteiger partial charge >= 0.3 is 0 Å². The van der Waals surface area contributed by atoms with Gasteiger partial charge in [0.2, 0.25) is 0 Å². The van der Waals surface area contributed by atoms with E-state index in [4.69, 9.17) is 9.72 Å². The van der Waals surface area contributed by atoms with Crippen LogP contribution in [0.25, 0.3) is 0 Å². The first-order valence-corrected chi connectivity index (χ1v) is 11.7. The minimum absolute atomic E-state index is 0. The Bertz CT molecular complexity index is 860. The van der Waals surface area contributed by atoms with Crippen LogP contribution in [0.4, 0.5) is 5.82 Å². The van der Waals surface area contributed by atoms with Crippen molar-refractivity contribution in [2.24, 2.45) is 4.99 Å². The Morgan fingerprint density at radius 2 is 1.70 bits per heavy atom. The summed E-state index contributed by atoms with van der Waals surface area (Å²) in [5.41, 5.74) is 2.53. The largest absolute Gasteiger partial charge is 0.372 e. The van der Waals surface area contributed by atoms with Crippen LogP contribution < -0.4 is 10.2 Å². The number of piperazine rings is 1. The summed E-state index contributed by atoms with van der Waals surface area (Å²) < 4.78 is 5.83. The third-order valence-corrected chi connectivity index (χ3v) is 6.14. The molecule has 4 rings (SSSR count). The number of hydrogen-bond donors (Lipinski definition) is 1. The fourth-order valence-corrected chi connectivity index (χ4v) is 4.55. The van der Waals surface area contributed by atoms with Crippen LogP contribution in [0.15, 0.2) is 53.7 Å². The van der Waals surface area contributed by atoms with Gasteiger partial charge in [0.05, 0.1) is 12.2 Å². The zero-order valence-electron chi connectivity index (χ0n) is 20.0. The van der Waals surface area contributed by atoms with Gasteiger partial charge in [-0.2, -0.15) is 0 Å². The van der Waals surface area contributed by atoms with Crippen molar-refractivity contribution in [1.82, 2.24) is 20.1 Å². The monoisotopic (exact) mass is 564 g/mol. The van der Waals surface area contributed by atoms with Crippen LogP contribution in [0.1, 0.15) is 25.0 Å². The van der Waals surface area contributed by atoms with Crippen molar-refractivity contribution in [2.45, 2.75) is 39.1 Å². The van der Waals surface area contributed by atoms with E-state index in [0.717, 1.165) is 69.7 Å². The molecule has 180 valence electrons. The van der Waals surface area contributed by atoms with Gasteiger partial charge in [0, 0.05) is 65.6 Å². The van der Waals surface area contributed by atoms with Gasteiger partial charge in [0.15, 0.2) is 5.96 Å². The van der Waals surface area contributed by atoms with Crippen molar-refractivity contribution in [2.75, 3.05) is 51.2 Å². The molecule has 2 aliphatic heterocycles. The van der Waals surface area contributed by atoms with Crippen LogP contribution in [0.5, 0.6) is 0 Å². The van der Waals surface area contributed by atoms with Crippen LogP contribution in [-0.2, 0) is 17.8 Å². The Balaban J connectivity index is 0.00000306. The van der Waals surface area contributed by atoms with Crippen molar-refractivity contribution in [3.05, 3.63) is 59.8 Å². The molecular formula is C25H37IN6O. The van der Waals surface area contributed by atoms with Gasteiger partial charge in [-0.25, -0.2) is 4.98 Å². The summed E-state index contributed by atoms with van der Waals surface area (Å²) in [5, 5.41) is 3.52. The smallest absolute Gasteiger partial charge is 0.194 e. The number of guanidine groups is 1. The summed E-state index contributed by atoms with van der Waals surface area (Å²) in [4.78, 5) is 16.4. The second-order valence-corrected chi connectivity index (χ2v) is 8.84. The number of halogens is 1. The zero-order valence-corrected chi connectivity index (χ0v) is 22.3. The fourth-order valence-electron chi connectivity index (χ4n) is 4.55. The second-order valence-electron chi connectivity index (χ2n) is 8.84. The number of aromatic nitrogens is 1. The molecule has 0 saturated carbocycles. The minimum Gasteiger partial charge on any atom is -0.372 e. The van der Waals surface area contributed by atoms with E-state index in [9.17, 15) is 0 Å². The van der Waals surface area contributed by atoms with E-state index >= 15 is 0 Å². The number of rotatable bonds is 5. The second kappa shape index (κ2) is 12.5. The van der Waals surface area contributed by atoms with Crippen LogP contribution in [0.3, 0.4) is 0 Å². The van der Waals surface area contributed by atoms with Crippen molar-refractivity contribution in [1.29, 1.82) is 0 Å². The van der Waals surface area contributed by atoms with Crippen molar-refractivity contribution in [3.63, 3.8) is 0 Å². The number of hydrogen-bond acceptors (Lipinski definition) is 5. The lowest BCUT2D eigenvalue weighted by molar-refractivity contribution is -0.00545. The molecule has 2 atom stereocenters. The molecule has 7 nitrogen and oxygen atoms in total. The number of nitrogens with one attached hydrogen (secondary N) is 1. The first kappa shape index (κ1) is 25.7. The van der Waals surface area contributed by atoms with Crippen molar-refractivity contribution in [3.8, 4) is 0 Å². The number of aliphatic imine (C=N–C) groups is 1. The highest BCUT2D eigenvalue weighted by molar-refractivity contribution is 14.0. The number of ether oxygens (including phenoxy) is 1. The molecule has 33 heavy (non-hydrogen) atoms. The quantitative estimate of drug-likeness (QED) is 0.342. The lowest BCUT2D eigenvalue weighted by atomic mass is 10.2. The van der Waals surface area contributed by atoms with E-state index in [-0.39, 0.29) is 36.2 Å². The summed E-state index contributed by atoms with van der Waals surface area (Å²) in [6, 6.07) is 15.0. The first-order valence-electron chi connectivity index (χ1n) is 11.7. The summed E-state index contributed by atoms with van der Waals surface area (Å²) in [6.07, 6.45) is 2.44. The molecule has 3 heterocycles. The molecule has 2 saturated heterocycles. The maximum atomic E-state index is 5.83. The Morgan fingerprint density at radius 1 is 1.00 bits per heavy atom. The van der Waals surface area contributed by atoms with E-state index in [1.54, 1.807) is 0 Å². The van der Waals surface area contributed by atoms with E-state index in [1.165, 1.54) is 5.56 Å². The minimum atomic E-state index is 0. The highest BCUT2D eigenvalue weighted by Crippen LogP contribution is 2.18. The highest BCUT2D eigenvalue weighted by atomic mass is 127. The molecular weight excluding hydrogens is 527 g/mol. The molecule has 2 fully saturated rings. The number of nitrogens with zero attached hydrogens (tertiary/aromatic N) is 5. The number of morpholine rings is 1. The molecule has 0 radical (unpaired) electrons. The average molecular weight is 565 g/mol. The summed E-state index contributed by atoms with van der Waals surface area (Å²) >= 11 is 0. The van der Waals surface area contributed by atoms with Gasteiger partial charge in [0.1, 0.15) is 5.82 Å². The van der Waals surface area contributed by atoms with E-state index in [2.05, 4.69) is 81.3 Å². The van der Waals surface area contributed by atoms with Gasteiger partial charge in [0.25, 0.3) is 0 Å². The van der Waals surface area contributed by atoms with Crippen LogP contribution in [0.2, 0.25) is 0 Å². The fraction of sp³-hybridized carbons (Fsp3) is 0.520. The maximum Gasteiger partial charge on any atom is 0.194 e. The molecule has 1 aromatic heterocycles. The van der Waals surface area contributed by atoms with Crippen LogP contribution in [0, 0.1) is 0 Å². The Hall–Kier alpha value is -1.91. The predicted octanol–water partition coefficient (Wildman–Crippen LogP) is 3.21. The summed E-state index contributed by atoms with van der Waals surface area (Å²) in [6.45, 7) is 11.8.